The highest BCUT2D eigenvalue weighted by Gasteiger charge is 2.52. The Kier molecular flexibility index (Phi) is 3.43. The molecule has 4 atom stereocenters. The molecule has 1 heterocycles. The first-order valence-electron chi connectivity index (χ1n) is 6.21. The van der Waals surface area contributed by atoms with Crippen LogP contribution in [0.25, 0.3) is 0 Å². The van der Waals surface area contributed by atoms with Crippen molar-refractivity contribution >= 4 is 29.1 Å². The lowest BCUT2D eigenvalue weighted by Crippen LogP contribution is -2.69. The first-order chi connectivity index (χ1) is 9.09. The van der Waals surface area contributed by atoms with Gasteiger partial charge < -0.3 is 15.8 Å². The predicted octanol–water partition coefficient (Wildman–Crippen LogP) is 1.84. The summed E-state index contributed by atoms with van der Waals surface area (Å²) in [4.78, 5) is 12.2. The number of rotatable bonds is 2. The summed E-state index contributed by atoms with van der Waals surface area (Å²) in [7, 11) is 0. The number of nitrogens with two attached hydrogens (primary N) is 1. The number of amides is 1. The molecule has 4 nitrogen and oxygen atoms in total. The lowest BCUT2D eigenvalue weighted by molar-refractivity contribution is -0.0161. The van der Waals surface area contributed by atoms with Crippen molar-refractivity contribution in [2.24, 2.45) is 11.7 Å². The number of hydrogen-bond acceptors (Lipinski definition) is 3. The largest absolute Gasteiger partial charge is 0.376 e. The van der Waals surface area contributed by atoms with Gasteiger partial charge in [0.25, 0.3) is 5.91 Å². The highest BCUT2D eigenvalue weighted by Crippen LogP contribution is 2.38. The van der Waals surface area contributed by atoms with E-state index in [1.165, 1.54) is 0 Å². The van der Waals surface area contributed by atoms with E-state index >= 15 is 0 Å². The van der Waals surface area contributed by atoms with Gasteiger partial charge in [0.05, 0.1) is 27.8 Å². The van der Waals surface area contributed by atoms with Crippen molar-refractivity contribution in [3.8, 4) is 0 Å². The van der Waals surface area contributed by atoms with Crippen molar-refractivity contribution in [2.75, 3.05) is 6.61 Å². The van der Waals surface area contributed by atoms with Crippen LogP contribution in [0.3, 0.4) is 0 Å². The molecule has 1 aliphatic heterocycles. The van der Waals surface area contributed by atoms with E-state index in [1.807, 2.05) is 0 Å². The number of benzene rings is 1. The van der Waals surface area contributed by atoms with E-state index in [-0.39, 0.29) is 24.1 Å². The average Bonchev–Trinajstić information content (AvgIpc) is 2.80. The molecule has 102 valence electrons. The van der Waals surface area contributed by atoms with E-state index in [4.69, 9.17) is 33.7 Å². The molecule has 2 aliphatic rings. The van der Waals surface area contributed by atoms with Crippen LogP contribution < -0.4 is 11.1 Å². The van der Waals surface area contributed by atoms with E-state index in [0.717, 1.165) is 6.42 Å². The topological polar surface area (TPSA) is 64.3 Å². The van der Waals surface area contributed by atoms with E-state index in [2.05, 4.69) is 5.32 Å². The van der Waals surface area contributed by atoms with Gasteiger partial charge in [-0.25, -0.2) is 0 Å². The van der Waals surface area contributed by atoms with Gasteiger partial charge in [0.1, 0.15) is 0 Å². The SMILES string of the molecule is NC1C2CCOC2C1NC(=O)c1c(Cl)cccc1Cl. The molecule has 1 amide bonds. The van der Waals surface area contributed by atoms with Crippen molar-refractivity contribution < 1.29 is 9.53 Å². The molecule has 3 rings (SSSR count). The molecule has 1 aromatic rings. The van der Waals surface area contributed by atoms with Crippen LogP contribution in [-0.4, -0.2) is 30.7 Å². The number of nitrogens with one attached hydrogen (secondary N) is 1. The third-order valence-corrected chi connectivity index (χ3v) is 4.56. The molecule has 19 heavy (non-hydrogen) atoms. The van der Waals surface area contributed by atoms with Crippen molar-refractivity contribution in [1.29, 1.82) is 0 Å². The average molecular weight is 301 g/mol. The second kappa shape index (κ2) is 4.94. The summed E-state index contributed by atoms with van der Waals surface area (Å²) in [6, 6.07) is 4.76. The van der Waals surface area contributed by atoms with Crippen molar-refractivity contribution in [2.45, 2.75) is 24.6 Å². The van der Waals surface area contributed by atoms with Gasteiger partial charge >= 0.3 is 0 Å². The maximum absolute atomic E-state index is 12.2. The summed E-state index contributed by atoms with van der Waals surface area (Å²) in [6.07, 6.45) is 0.991. The fourth-order valence-electron chi connectivity index (χ4n) is 2.87. The quantitative estimate of drug-likeness (QED) is 0.876. The molecule has 0 bridgehead atoms. The first-order valence-corrected chi connectivity index (χ1v) is 6.97. The Balaban J connectivity index is 1.75. The molecule has 1 aliphatic carbocycles. The summed E-state index contributed by atoms with van der Waals surface area (Å²) in [5, 5.41) is 3.55. The van der Waals surface area contributed by atoms with Crippen LogP contribution in [0.5, 0.6) is 0 Å². The molecule has 1 aromatic carbocycles. The van der Waals surface area contributed by atoms with E-state index in [1.54, 1.807) is 18.2 Å². The smallest absolute Gasteiger partial charge is 0.254 e. The van der Waals surface area contributed by atoms with Gasteiger partial charge in [-0.1, -0.05) is 29.3 Å². The molecular weight excluding hydrogens is 287 g/mol. The highest BCUT2D eigenvalue weighted by atomic mass is 35.5. The third-order valence-electron chi connectivity index (χ3n) is 3.93. The molecule has 6 heteroatoms. The van der Waals surface area contributed by atoms with Gasteiger partial charge in [0, 0.05) is 18.6 Å². The van der Waals surface area contributed by atoms with Gasteiger partial charge in [0.2, 0.25) is 0 Å². The molecule has 1 saturated heterocycles. The Morgan fingerprint density at radius 2 is 2.05 bits per heavy atom. The van der Waals surface area contributed by atoms with Gasteiger partial charge in [-0.2, -0.15) is 0 Å². The Labute approximate surface area is 121 Å². The summed E-state index contributed by atoms with van der Waals surface area (Å²) >= 11 is 12.0. The summed E-state index contributed by atoms with van der Waals surface area (Å²) in [6.45, 7) is 0.711. The van der Waals surface area contributed by atoms with Crippen LogP contribution in [0.15, 0.2) is 18.2 Å². The fraction of sp³-hybridized carbons (Fsp3) is 0.462. The number of carbonyl (C=O) groups excluding carboxylic acids is 1. The van der Waals surface area contributed by atoms with E-state index < -0.39 is 0 Å². The minimum Gasteiger partial charge on any atom is -0.376 e. The molecule has 0 radical (unpaired) electrons. The van der Waals surface area contributed by atoms with Crippen LogP contribution in [0, 0.1) is 5.92 Å². The van der Waals surface area contributed by atoms with E-state index in [9.17, 15) is 4.79 Å². The molecular formula is C13H14Cl2N2O2. The van der Waals surface area contributed by atoms with Gasteiger partial charge in [0.15, 0.2) is 0 Å². The Bertz CT molecular complexity index is 503. The molecule has 0 spiro atoms. The molecule has 2 fully saturated rings. The zero-order chi connectivity index (χ0) is 13.6. The number of fused-ring (bicyclic) bond motifs is 1. The number of hydrogen-bond donors (Lipinski definition) is 2. The normalized spacial score (nSPS) is 32.6. The first kappa shape index (κ1) is 13.2. The second-order valence-electron chi connectivity index (χ2n) is 4.96. The van der Waals surface area contributed by atoms with Crippen LogP contribution in [-0.2, 0) is 4.74 Å². The van der Waals surface area contributed by atoms with Crippen LogP contribution >= 0.6 is 23.2 Å². The van der Waals surface area contributed by atoms with Gasteiger partial charge in [-0.3, -0.25) is 4.79 Å². The standard InChI is InChI=1S/C13H14Cl2N2O2/c14-7-2-1-3-8(15)9(7)13(18)17-11-10(16)6-4-5-19-12(6)11/h1-3,6,10-12H,4-5,16H2,(H,17,18). The lowest BCUT2D eigenvalue weighted by atomic mass is 9.72. The van der Waals surface area contributed by atoms with E-state index in [0.29, 0.717) is 28.1 Å². The molecule has 1 saturated carbocycles. The van der Waals surface area contributed by atoms with Crippen LogP contribution in [0.4, 0.5) is 0 Å². The zero-order valence-electron chi connectivity index (χ0n) is 10.1. The van der Waals surface area contributed by atoms with Gasteiger partial charge in [-0.05, 0) is 18.6 Å². The fourth-order valence-corrected chi connectivity index (χ4v) is 3.44. The summed E-state index contributed by atoms with van der Waals surface area (Å²) in [5.74, 6) is 0.0528. The van der Waals surface area contributed by atoms with Crippen LogP contribution in [0.1, 0.15) is 16.8 Å². The number of ether oxygens (including phenoxy) is 1. The third kappa shape index (κ3) is 2.13. The number of carbonyl (C=O) groups is 1. The van der Waals surface area contributed by atoms with Crippen molar-refractivity contribution in [3.05, 3.63) is 33.8 Å². The van der Waals surface area contributed by atoms with Crippen LogP contribution in [0.2, 0.25) is 10.0 Å². The predicted molar refractivity (Wildman–Crippen MR) is 73.5 cm³/mol. The summed E-state index contributed by atoms with van der Waals surface area (Å²) < 4.78 is 5.57. The molecule has 4 unspecified atom stereocenters. The van der Waals surface area contributed by atoms with Crippen molar-refractivity contribution in [1.82, 2.24) is 5.32 Å². The zero-order valence-corrected chi connectivity index (χ0v) is 11.6. The minimum absolute atomic E-state index is 0.0280. The maximum atomic E-state index is 12.2. The Morgan fingerprint density at radius 3 is 2.74 bits per heavy atom. The Morgan fingerprint density at radius 1 is 1.37 bits per heavy atom. The molecule has 3 N–H and O–H groups in total. The number of halogens is 2. The summed E-state index contributed by atoms with van der Waals surface area (Å²) in [5.41, 5.74) is 6.34. The minimum atomic E-state index is -0.301. The lowest BCUT2D eigenvalue weighted by Gasteiger charge is -2.45. The Hall–Kier alpha value is -0.810. The molecule has 0 aromatic heterocycles. The monoisotopic (exact) mass is 300 g/mol. The second-order valence-corrected chi connectivity index (χ2v) is 5.78. The maximum Gasteiger partial charge on any atom is 0.254 e. The van der Waals surface area contributed by atoms with Gasteiger partial charge in [-0.15, -0.1) is 0 Å². The highest BCUT2D eigenvalue weighted by molar-refractivity contribution is 6.39. The van der Waals surface area contributed by atoms with Crippen molar-refractivity contribution in [3.63, 3.8) is 0 Å².